The molecule has 3 rings (SSSR count). The number of carbonyl (C=O) groups is 1. The summed E-state index contributed by atoms with van der Waals surface area (Å²) in [5, 5.41) is 11.3. The van der Waals surface area contributed by atoms with Crippen molar-refractivity contribution in [2.75, 3.05) is 25.5 Å². The molecule has 1 aliphatic heterocycles. The second-order valence-electron chi connectivity index (χ2n) is 5.49. The molecule has 0 aliphatic carbocycles. The average molecular weight is 317 g/mol. The minimum absolute atomic E-state index is 0.101. The molecule has 1 aliphatic rings. The predicted octanol–water partition coefficient (Wildman–Crippen LogP) is 2.07. The molecule has 1 fully saturated rings. The number of carbonyl (C=O) groups excluding carboxylic acids is 1. The Morgan fingerprint density at radius 1 is 1.45 bits per heavy atom. The minimum Gasteiger partial charge on any atom is -0.372 e. The Labute approximate surface area is 133 Å². The SMILES string of the molecule is CNc1ccc(C[C@@H]2CCCN(C(=O)c3cncs3)C2)nn1. The summed E-state index contributed by atoms with van der Waals surface area (Å²) in [6, 6.07) is 3.94. The number of nitrogens with zero attached hydrogens (tertiary/aromatic N) is 4. The number of anilines is 1. The van der Waals surface area contributed by atoms with Crippen molar-refractivity contribution >= 4 is 23.1 Å². The number of hydrogen-bond donors (Lipinski definition) is 1. The molecule has 1 N–H and O–H groups in total. The molecule has 7 heteroatoms. The third kappa shape index (κ3) is 3.41. The first-order valence-electron chi connectivity index (χ1n) is 7.44. The number of nitrogens with one attached hydrogen (secondary N) is 1. The second-order valence-corrected chi connectivity index (χ2v) is 6.38. The third-order valence-electron chi connectivity index (χ3n) is 3.92. The zero-order chi connectivity index (χ0) is 15.4. The summed E-state index contributed by atoms with van der Waals surface area (Å²) in [5.74, 6) is 1.32. The van der Waals surface area contributed by atoms with Gasteiger partial charge in [-0.2, -0.15) is 5.10 Å². The molecule has 3 heterocycles. The van der Waals surface area contributed by atoms with Crippen molar-refractivity contribution in [3.05, 3.63) is 34.4 Å². The van der Waals surface area contributed by atoms with Crippen molar-refractivity contribution in [2.24, 2.45) is 5.92 Å². The predicted molar refractivity (Wildman–Crippen MR) is 86.0 cm³/mol. The van der Waals surface area contributed by atoms with Crippen LogP contribution in [0.3, 0.4) is 0 Å². The van der Waals surface area contributed by atoms with Crippen LogP contribution >= 0.6 is 11.3 Å². The minimum atomic E-state index is 0.101. The Morgan fingerprint density at radius 3 is 3.05 bits per heavy atom. The Balaban J connectivity index is 1.61. The molecule has 0 unspecified atom stereocenters. The number of amides is 1. The molecular formula is C15H19N5OS. The van der Waals surface area contributed by atoms with Crippen molar-refractivity contribution in [1.29, 1.82) is 0 Å². The molecule has 6 nitrogen and oxygen atoms in total. The molecule has 0 spiro atoms. The second kappa shape index (κ2) is 6.83. The van der Waals surface area contributed by atoms with Crippen LogP contribution < -0.4 is 5.32 Å². The van der Waals surface area contributed by atoms with Crippen LogP contribution in [0.15, 0.2) is 23.8 Å². The van der Waals surface area contributed by atoms with Gasteiger partial charge in [-0.1, -0.05) is 0 Å². The van der Waals surface area contributed by atoms with E-state index in [9.17, 15) is 4.79 Å². The maximum absolute atomic E-state index is 12.4. The first-order chi connectivity index (χ1) is 10.8. The fourth-order valence-electron chi connectivity index (χ4n) is 2.79. The van der Waals surface area contributed by atoms with E-state index in [2.05, 4.69) is 20.5 Å². The summed E-state index contributed by atoms with van der Waals surface area (Å²) in [6.45, 7) is 1.61. The lowest BCUT2D eigenvalue weighted by molar-refractivity contribution is 0.0677. The summed E-state index contributed by atoms with van der Waals surface area (Å²) in [7, 11) is 1.83. The van der Waals surface area contributed by atoms with E-state index in [0.717, 1.165) is 48.7 Å². The molecule has 2 aromatic rings. The van der Waals surface area contributed by atoms with Gasteiger partial charge in [0, 0.05) is 20.1 Å². The highest BCUT2D eigenvalue weighted by molar-refractivity contribution is 7.11. The van der Waals surface area contributed by atoms with Crippen LogP contribution in [-0.2, 0) is 6.42 Å². The molecule has 0 bridgehead atoms. The van der Waals surface area contributed by atoms with Crippen LogP contribution in [0.1, 0.15) is 28.2 Å². The van der Waals surface area contributed by atoms with E-state index in [-0.39, 0.29) is 5.91 Å². The van der Waals surface area contributed by atoms with Crippen molar-refractivity contribution < 1.29 is 4.79 Å². The first-order valence-corrected chi connectivity index (χ1v) is 8.32. The van der Waals surface area contributed by atoms with Crippen LogP contribution in [-0.4, -0.2) is 46.1 Å². The number of aromatic nitrogens is 3. The molecule has 0 aromatic carbocycles. The summed E-state index contributed by atoms with van der Waals surface area (Å²) < 4.78 is 0. The van der Waals surface area contributed by atoms with Crippen LogP contribution in [0.2, 0.25) is 0 Å². The van der Waals surface area contributed by atoms with Gasteiger partial charge in [-0.15, -0.1) is 16.4 Å². The van der Waals surface area contributed by atoms with Crippen molar-refractivity contribution in [1.82, 2.24) is 20.1 Å². The molecule has 22 heavy (non-hydrogen) atoms. The fourth-order valence-corrected chi connectivity index (χ4v) is 3.38. The van der Waals surface area contributed by atoms with Crippen LogP contribution in [0.4, 0.5) is 5.82 Å². The van der Waals surface area contributed by atoms with E-state index in [1.807, 2.05) is 24.1 Å². The summed E-state index contributed by atoms with van der Waals surface area (Å²) in [6.07, 6.45) is 4.68. The first kappa shape index (κ1) is 14.9. The van der Waals surface area contributed by atoms with Gasteiger partial charge >= 0.3 is 0 Å². The maximum atomic E-state index is 12.4. The maximum Gasteiger partial charge on any atom is 0.265 e. The molecule has 1 atom stereocenters. The van der Waals surface area contributed by atoms with E-state index in [4.69, 9.17) is 0 Å². The van der Waals surface area contributed by atoms with Gasteiger partial charge < -0.3 is 10.2 Å². The molecule has 1 amide bonds. The monoisotopic (exact) mass is 317 g/mol. The summed E-state index contributed by atoms with van der Waals surface area (Å²) in [5.41, 5.74) is 2.68. The van der Waals surface area contributed by atoms with Gasteiger partial charge in [0.05, 0.1) is 17.4 Å². The van der Waals surface area contributed by atoms with Gasteiger partial charge in [-0.25, -0.2) is 0 Å². The Hall–Kier alpha value is -2.02. The van der Waals surface area contributed by atoms with Gasteiger partial charge in [-0.05, 0) is 37.3 Å². The number of rotatable bonds is 4. The van der Waals surface area contributed by atoms with Gasteiger partial charge in [-0.3, -0.25) is 9.78 Å². The van der Waals surface area contributed by atoms with Crippen molar-refractivity contribution in [3.8, 4) is 0 Å². The van der Waals surface area contributed by atoms with E-state index in [0.29, 0.717) is 5.92 Å². The van der Waals surface area contributed by atoms with Crippen LogP contribution in [0.25, 0.3) is 0 Å². The normalized spacial score (nSPS) is 18.2. The highest BCUT2D eigenvalue weighted by atomic mass is 32.1. The van der Waals surface area contributed by atoms with Crippen molar-refractivity contribution in [2.45, 2.75) is 19.3 Å². The average Bonchev–Trinajstić information content (AvgIpc) is 3.09. The standard InChI is InChI=1S/C15H19N5OS/c1-16-14-5-4-12(18-19-14)7-11-3-2-6-20(9-11)15(21)13-8-17-10-22-13/h4-5,8,10-11H,2-3,6-7,9H2,1H3,(H,16,19)/t11-/m0/s1. The van der Waals surface area contributed by atoms with Gasteiger partial charge in [0.25, 0.3) is 5.91 Å². The van der Waals surface area contributed by atoms with Crippen molar-refractivity contribution in [3.63, 3.8) is 0 Å². The fraction of sp³-hybridized carbons (Fsp3) is 0.467. The van der Waals surface area contributed by atoms with Crippen LogP contribution in [0, 0.1) is 5.92 Å². The van der Waals surface area contributed by atoms with E-state index in [1.54, 1.807) is 11.7 Å². The van der Waals surface area contributed by atoms with Gasteiger partial charge in [0.1, 0.15) is 10.7 Å². The smallest absolute Gasteiger partial charge is 0.265 e. The summed E-state index contributed by atoms with van der Waals surface area (Å²) >= 11 is 1.40. The van der Waals surface area contributed by atoms with E-state index in [1.165, 1.54) is 11.3 Å². The molecule has 0 saturated carbocycles. The zero-order valence-corrected chi connectivity index (χ0v) is 13.3. The molecule has 2 aromatic heterocycles. The molecular weight excluding hydrogens is 298 g/mol. The number of hydrogen-bond acceptors (Lipinski definition) is 6. The Kier molecular flexibility index (Phi) is 4.62. The topological polar surface area (TPSA) is 71.0 Å². The summed E-state index contributed by atoms with van der Waals surface area (Å²) in [4.78, 5) is 19.1. The van der Waals surface area contributed by atoms with Crippen LogP contribution in [0.5, 0.6) is 0 Å². The van der Waals surface area contributed by atoms with Gasteiger partial charge in [0.2, 0.25) is 0 Å². The largest absolute Gasteiger partial charge is 0.372 e. The highest BCUT2D eigenvalue weighted by Gasteiger charge is 2.25. The lowest BCUT2D eigenvalue weighted by Crippen LogP contribution is -2.40. The Bertz CT molecular complexity index is 613. The quantitative estimate of drug-likeness (QED) is 0.935. The van der Waals surface area contributed by atoms with E-state index < -0.39 is 0 Å². The molecule has 0 radical (unpaired) electrons. The molecule has 116 valence electrons. The zero-order valence-electron chi connectivity index (χ0n) is 12.5. The lowest BCUT2D eigenvalue weighted by atomic mass is 9.93. The van der Waals surface area contributed by atoms with E-state index >= 15 is 0 Å². The third-order valence-corrected chi connectivity index (χ3v) is 4.68. The number of likely N-dealkylation sites (tertiary alicyclic amines) is 1. The Morgan fingerprint density at radius 2 is 2.36 bits per heavy atom. The number of piperidine rings is 1. The lowest BCUT2D eigenvalue weighted by Gasteiger charge is -2.32. The number of thiazole rings is 1. The highest BCUT2D eigenvalue weighted by Crippen LogP contribution is 2.22. The molecule has 1 saturated heterocycles. The van der Waals surface area contributed by atoms with Gasteiger partial charge in [0.15, 0.2) is 0 Å².